The Kier molecular flexibility index (Phi) is 2.63. The summed E-state index contributed by atoms with van der Waals surface area (Å²) in [7, 11) is 1.78. The maximum atomic E-state index is 5.48. The molecule has 102 valence electrons. The molecule has 1 aliphatic heterocycles. The third kappa shape index (κ3) is 1.59. The van der Waals surface area contributed by atoms with E-state index >= 15 is 0 Å². The van der Waals surface area contributed by atoms with Crippen LogP contribution in [0.1, 0.15) is 43.2 Å². The molecular formula is C17H23NO. The zero-order valence-electron chi connectivity index (χ0n) is 11.7. The Morgan fingerprint density at radius 1 is 1.26 bits per heavy atom. The molecule has 1 N–H and O–H groups in total. The van der Waals surface area contributed by atoms with E-state index in [0.717, 1.165) is 17.7 Å². The van der Waals surface area contributed by atoms with E-state index in [4.69, 9.17) is 4.74 Å². The molecule has 3 atom stereocenters. The van der Waals surface area contributed by atoms with Gasteiger partial charge in [-0.2, -0.15) is 0 Å². The molecule has 1 aromatic carbocycles. The predicted molar refractivity (Wildman–Crippen MR) is 76.7 cm³/mol. The Hall–Kier alpha value is -1.02. The molecule has 0 spiro atoms. The first-order chi connectivity index (χ1) is 9.33. The van der Waals surface area contributed by atoms with Crippen LogP contribution in [0, 0.1) is 5.92 Å². The molecule has 1 saturated carbocycles. The lowest BCUT2D eigenvalue weighted by Crippen LogP contribution is -2.59. The monoisotopic (exact) mass is 257 g/mol. The van der Waals surface area contributed by atoms with E-state index in [9.17, 15) is 0 Å². The summed E-state index contributed by atoms with van der Waals surface area (Å²) in [6.45, 7) is 1.19. The van der Waals surface area contributed by atoms with Crippen LogP contribution < -0.4 is 10.1 Å². The lowest BCUT2D eigenvalue weighted by molar-refractivity contribution is 0.0795. The van der Waals surface area contributed by atoms with Gasteiger partial charge in [-0.15, -0.1) is 0 Å². The number of methoxy groups -OCH3 is 1. The molecule has 2 nitrogen and oxygen atoms in total. The standard InChI is InChI=1S/C17H23NO/c1-19-13-6-5-12-10-16-14-4-2-3-7-17(14,8-9-18-16)15(12)11-13/h5-6,11,14,16,18H,2-4,7-10H2,1H3/t14-,16-,17+/m0/s1. The first-order valence-electron chi connectivity index (χ1n) is 7.74. The Bertz CT molecular complexity index is 494. The van der Waals surface area contributed by atoms with Gasteiger partial charge >= 0.3 is 0 Å². The number of rotatable bonds is 1. The topological polar surface area (TPSA) is 21.3 Å². The zero-order chi connectivity index (χ0) is 12.9. The zero-order valence-corrected chi connectivity index (χ0v) is 11.7. The highest BCUT2D eigenvalue weighted by Gasteiger charge is 2.51. The molecule has 19 heavy (non-hydrogen) atoms. The van der Waals surface area contributed by atoms with E-state index < -0.39 is 0 Å². The average molecular weight is 257 g/mol. The van der Waals surface area contributed by atoms with Gasteiger partial charge in [0, 0.05) is 11.5 Å². The summed E-state index contributed by atoms with van der Waals surface area (Å²) in [5.41, 5.74) is 3.64. The Labute approximate surface area is 115 Å². The molecule has 1 saturated heterocycles. The first kappa shape index (κ1) is 11.8. The van der Waals surface area contributed by atoms with Crippen LogP contribution in [0.5, 0.6) is 5.75 Å². The minimum atomic E-state index is 0.455. The van der Waals surface area contributed by atoms with E-state index in [-0.39, 0.29) is 0 Å². The van der Waals surface area contributed by atoms with Gasteiger partial charge in [0.2, 0.25) is 0 Å². The molecule has 2 heteroatoms. The van der Waals surface area contributed by atoms with Crippen molar-refractivity contribution in [3.63, 3.8) is 0 Å². The number of fused-ring (bicyclic) bond motifs is 1. The third-order valence-corrected chi connectivity index (χ3v) is 5.85. The van der Waals surface area contributed by atoms with E-state index in [0.29, 0.717) is 5.41 Å². The van der Waals surface area contributed by atoms with Crippen LogP contribution in [0.3, 0.4) is 0 Å². The van der Waals surface area contributed by atoms with Gasteiger partial charge in [0.25, 0.3) is 0 Å². The summed E-state index contributed by atoms with van der Waals surface area (Å²) in [6, 6.07) is 7.50. The Balaban J connectivity index is 1.88. The largest absolute Gasteiger partial charge is 0.497 e. The molecular weight excluding hydrogens is 234 g/mol. The molecule has 2 fully saturated rings. The third-order valence-electron chi connectivity index (χ3n) is 5.85. The van der Waals surface area contributed by atoms with Crippen LogP contribution in [-0.4, -0.2) is 19.7 Å². The van der Waals surface area contributed by atoms with E-state index in [1.165, 1.54) is 45.1 Å². The minimum Gasteiger partial charge on any atom is -0.497 e. The maximum Gasteiger partial charge on any atom is 0.119 e. The van der Waals surface area contributed by atoms with Gasteiger partial charge < -0.3 is 10.1 Å². The summed E-state index contributed by atoms with van der Waals surface area (Å²) in [6.07, 6.45) is 8.15. The minimum absolute atomic E-state index is 0.455. The Morgan fingerprint density at radius 3 is 3.11 bits per heavy atom. The summed E-state index contributed by atoms with van der Waals surface area (Å²) < 4.78 is 5.48. The Morgan fingerprint density at radius 2 is 2.21 bits per heavy atom. The maximum absolute atomic E-state index is 5.48. The van der Waals surface area contributed by atoms with Crippen LogP contribution in [-0.2, 0) is 11.8 Å². The summed E-state index contributed by atoms with van der Waals surface area (Å²) >= 11 is 0. The average Bonchev–Trinajstić information content (AvgIpc) is 2.47. The second-order valence-corrected chi connectivity index (χ2v) is 6.55. The number of nitrogens with one attached hydrogen (secondary N) is 1. The fraction of sp³-hybridized carbons (Fsp3) is 0.647. The quantitative estimate of drug-likeness (QED) is 0.835. The number of benzene rings is 1. The van der Waals surface area contributed by atoms with Crippen LogP contribution in [0.2, 0.25) is 0 Å². The normalized spacial score (nSPS) is 36.3. The van der Waals surface area contributed by atoms with Crippen molar-refractivity contribution < 1.29 is 4.74 Å². The second kappa shape index (κ2) is 4.24. The van der Waals surface area contributed by atoms with Crippen molar-refractivity contribution in [2.24, 2.45) is 5.92 Å². The second-order valence-electron chi connectivity index (χ2n) is 6.55. The van der Waals surface area contributed by atoms with Crippen molar-refractivity contribution in [3.05, 3.63) is 29.3 Å². The lowest BCUT2D eigenvalue weighted by Gasteiger charge is -2.56. The first-order valence-corrected chi connectivity index (χ1v) is 7.74. The van der Waals surface area contributed by atoms with Crippen molar-refractivity contribution in [1.29, 1.82) is 0 Å². The number of piperidine rings is 1. The lowest BCUT2D eigenvalue weighted by atomic mass is 9.53. The number of hydrogen-bond acceptors (Lipinski definition) is 2. The van der Waals surface area contributed by atoms with Gasteiger partial charge in [-0.05, 0) is 61.4 Å². The van der Waals surface area contributed by atoms with Gasteiger partial charge in [0.15, 0.2) is 0 Å². The van der Waals surface area contributed by atoms with Crippen LogP contribution >= 0.6 is 0 Å². The number of hydrogen-bond donors (Lipinski definition) is 1. The molecule has 3 aliphatic rings. The van der Waals surface area contributed by atoms with Crippen molar-refractivity contribution in [2.75, 3.05) is 13.7 Å². The molecule has 0 unspecified atom stereocenters. The van der Waals surface area contributed by atoms with Crippen molar-refractivity contribution in [3.8, 4) is 5.75 Å². The van der Waals surface area contributed by atoms with E-state index in [2.05, 4.69) is 23.5 Å². The molecule has 1 aromatic rings. The fourth-order valence-corrected chi connectivity index (χ4v) is 5.03. The summed E-state index contributed by atoms with van der Waals surface area (Å²) in [5, 5.41) is 3.78. The number of ether oxygens (including phenoxy) is 1. The SMILES string of the molecule is COc1ccc2c(c1)[C@@]13CCCC[C@H]1[C@H](C2)NCC3. The van der Waals surface area contributed by atoms with Crippen LogP contribution in [0.4, 0.5) is 0 Å². The van der Waals surface area contributed by atoms with E-state index in [1.807, 2.05) is 0 Å². The van der Waals surface area contributed by atoms with Crippen molar-refractivity contribution in [1.82, 2.24) is 5.32 Å². The molecule has 0 aromatic heterocycles. The molecule has 4 rings (SSSR count). The van der Waals surface area contributed by atoms with Crippen molar-refractivity contribution >= 4 is 0 Å². The van der Waals surface area contributed by atoms with Gasteiger partial charge in [0.1, 0.15) is 5.75 Å². The highest BCUT2D eigenvalue weighted by Crippen LogP contribution is 2.54. The highest BCUT2D eigenvalue weighted by molar-refractivity contribution is 5.45. The van der Waals surface area contributed by atoms with E-state index in [1.54, 1.807) is 18.2 Å². The molecule has 0 amide bonds. The van der Waals surface area contributed by atoms with Gasteiger partial charge in [-0.1, -0.05) is 18.9 Å². The molecule has 2 bridgehead atoms. The van der Waals surface area contributed by atoms with Crippen LogP contribution in [0.15, 0.2) is 18.2 Å². The van der Waals surface area contributed by atoms with Gasteiger partial charge in [-0.3, -0.25) is 0 Å². The highest BCUT2D eigenvalue weighted by atomic mass is 16.5. The molecule has 0 radical (unpaired) electrons. The molecule has 2 aliphatic carbocycles. The van der Waals surface area contributed by atoms with Crippen molar-refractivity contribution in [2.45, 2.75) is 50.0 Å². The predicted octanol–water partition coefficient (Wildman–Crippen LogP) is 3.04. The molecule has 1 heterocycles. The smallest absolute Gasteiger partial charge is 0.119 e. The van der Waals surface area contributed by atoms with Gasteiger partial charge in [0.05, 0.1) is 7.11 Å². The van der Waals surface area contributed by atoms with Gasteiger partial charge in [-0.25, -0.2) is 0 Å². The van der Waals surface area contributed by atoms with Crippen LogP contribution in [0.25, 0.3) is 0 Å². The summed E-state index contributed by atoms with van der Waals surface area (Å²) in [5.74, 6) is 1.89. The fourth-order valence-electron chi connectivity index (χ4n) is 5.03. The summed E-state index contributed by atoms with van der Waals surface area (Å²) in [4.78, 5) is 0.